The van der Waals surface area contributed by atoms with Crippen molar-refractivity contribution in [1.82, 2.24) is 20.2 Å². The van der Waals surface area contributed by atoms with Crippen LogP contribution in [0.4, 0.5) is 5.69 Å². The molecule has 7 heteroatoms. The Hall–Kier alpha value is -3.48. The van der Waals surface area contributed by atoms with Gasteiger partial charge >= 0.3 is 0 Å². The second-order valence-electron chi connectivity index (χ2n) is 5.31. The molecule has 3 rings (SSSR count). The molecule has 0 aliphatic carbocycles. The number of nitrogens with zero attached hydrogens (tertiary/aromatic N) is 4. The van der Waals surface area contributed by atoms with E-state index in [4.69, 9.17) is 4.74 Å². The van der Waals surface area contributed by atoms with E-state index in [0.717, 1.165) is 16.9 Å². The SMILES string of the molecule is COc1cccc(C=CC(=O)Nc2cccc(-c3nnnn3C)c2)c1. The summed E-state index contributed by atoms with van der Waals surface area (Å²) in [5, 5.41) is 14.2. The van der Waals surface area contributed by atoms with Crippen LogP contribution in [0.3, 0.4) is 0 Å². The summed E-state index contributed by atoms with van der Waals surface area (Å²) >= 11 is 0. The number of hydrogen-bond acceptors (Lipinski definition) is 5. The third kappa shape index (κ3) is 4.08. The molecule has 1 aromatic heterocycles. The Balaban J connectivity index is 1.71. The molecule has 2 aromatic carbocycles. The molecule has 0 aliphatic rings. The number of ether oxygens (including phenoxy) is 1. The Kier molecular flexibility index (Phi) is 4.84. The molecule has 3 aromatic rings. The lowest BCUT2D eigenvalue weighted by atomic mass is 10.2. The molecule has 1 heterocycles. The summed E-state index contributed by atoms with van der Waals surface area (Å²) in [5.41, 5.74) is 2.37. The molecule has 0 atom stereocenters. The molecule has 0 unspecified atom stereocenters. The van der Waals surface area contributed by atoms with E-state index in [1.807, 2.05) is 48.5 Å². The molecule has 0 saturated carbocycles. The number of tetrazole rings is 1. The lowest BCUT2D eigenvalue weighted by Crippen LogP contribution is -2.07. The first-order valence-corrected chi connectivity index (χ1v) is 7.61. The average Bonchev–Trinajstić information content (AvgIpc) is 3.06. The number of nitrogens with one attached hydrogen (secondary N) is 1. The minimum Gasteiger partial charge on any atom is -0.497 e. The number of aromatic nitrogens is 4. The Morgan fingerprint density at radius 3 is 2.80 bits per heavy atom. The topological polar surface area (TPSA) is 81.9 Å². The van der Waals surface area contributed by atoms with E-state index < -0.39 is 0 Å². The van der Waals surface area contributed by atoms with E-state index >= 15 is 0 Å². The van der Waals surface area contributed by atoms with Gasteiger partial charge in [-0.1, -0.05) is 24.3 Å². The highest BCUT2D eigenvalue weighted by Crippen LogP contribution is 2.19. The molecular formula is C18H17N5O2. The smallest absolute Gasteiger partial charge is 0.248 e. The Morgan fingerprint density at radius 2 is 2.04 bits per heavy atom. The fraction of sp³-hybridized carbons (Fsp3) is 0.111. The Morgan fingerprint density at radius 1 is 1.20 bits per heavy atom. The van der Waals surface area contributed by atoms with Gasteiger partial charge in [0.05, 0.1) is 7.11 Å². The fourth-order valence-corrected chi connectivity index (χ4v) is 2.31. The summed E-state index contributed by atoms with van der Waals surface area (Å²) in [5.74, 6) is 1.15. The Bertz CT molecular complexity index is 917. The maximum atomic E-state index is 12.1. The number of methoxy groups -OCH3 is 1. The van der Waals surface area contributed by atoms with Gasteiger partial charge in [-0.3, -0.25) is 4.79 Å². The zero-order valence-corrected chi connectivity index (χ0v) is 13.9. The van der Waals surface area contributed by atoms with Crippen LogP contribution in [0, 0.1) is 0 Å². The van der Waals surface area contributed by atoms with Gasteiger partial charge in [0, 0.05) is 24.4 Å². The van der Waals surface area contributed by atoms with E-state index in [0.29, 0.717) is 11.5 Å². The normalized spacial score (nSPS) is 10.8. The highest BCUT2D eigenvalue weighted by molar-refractivity contribution is 6.02. The summed E-state index contributed by atoms with van der Waals surface area (Å²) in [6.07, 6.45) is 3.21. The van der Waals surface area contributed by atoms with Crippen molar-refractivity contribution < 1.29 is 9.53 Å². The molecule has 7 nitrogen and oxygen atoms in total. The van der Waals surface area contributed by atoms with Crippen molar-refractivity contribution in [3.8, 4) is 17.1 Å². The molecule has 126 valence electrons. The largest absolute Gasteiger partial charge is 0.497 e. The van der Waals surface area contributed by atoms with Crippen molar-refractivity contribution in [2.24, 2.45) is 7.05 Å². The minimum atomic E-state index is -0.226. The summed E-state index contributed by atoms with van der Waals surface area (Å²) < 4.78 is 6.74. The maximum Gasteiger partial charge on any atom is 0.248 e. The summed E-state index contributed by atoms with van der Waals surface area (Å²) in [6, 6.07) is 14.8. The van der Waals surface area contributed by atoms with Crippen molar-refractivity contribution >= 4 is 17.7 Å². The number of amides is 1. The van der Waals surface area contributed by atoms with E-state index in [1.165, 1.54) is 6.08 Å². The predicted octanol–water partition coefficient (Wildman–Crippen LogP) is 2.54. The highest BCUT2D eigenvalue weighted by atomic mass is 16.5. The van der Waals surface area contributed by atoms with Crippen LogP contribution in [0.15, 0.2) is 54.6 Å². The van der Waals surface area contributed by atoms with Crippen LogP contribution >= 0.6 is 0 Å². The first-order chi connectivity index (χ1) is 12.2. The number of aryl methyl sites for hydroxylation is 1. The maximum absolute atomic E-state index is 12.1. The molecule has 0 fully saturated rings. The molecule has 0 saturated heterocycles. The number of benzene rings is 2. The quantitative estimate of drug-likeness (QED) is 0.725. The van der Waals surface area contributed by atoms with Gasteiger partial charge in [0.2, 0.25) is 5.91 Å². The van der Waals surface area contributed by atoms with Gasteiger partial charge in [-0.2, -0.15) is 0 Å². The van der Waals surface area contributed by atoms with Gasteiger partial charge in [0.15, 0.2) is 5.82 Å². The summed E-state index contributed by atoms with van der Waals surface area (Å²) in [7, 11) is 3.37. The van der Waals surface area contributed by atoms with Gasteiger partial charge in [-0.25, -0.2) is 4.68 Å². The second kappa shape index (κ2) is 7.39. The lowest BCUT2D eigenvalue weighted by Gasteiger charge is -2.05. The van der Waals surface area contributed by atoms with Crippen LogP contribution in [-0.2, 0) is 11.8 Å². The molecule has 1 amide bonds. The first-order valence-electron chi connectivity index (χ1n) is 7.61. The van der Waals surface area contributed by atoms with E-state index in [2.05, 4.69) is 20.8 Å². The van der Waals surface area contributed by atoms with Crippen LogP contribution in [0.1, 0.15) is 5.56 Å². The monoisotopic (exact) mass is 335 g/mol. The number of anilines is 1. The third-order valence-corrected chi connectivity index (χ3v) is 3.53. The van der Waals surface area contributed by atoms with Crippen LogP contribution < -0.4 is 10.1 Å². The van der Waals surface area contributed by atoms with Crippen molar-refractivity contribution in [1.29, 1.82) is 0 Å². The van der Waals surface area contributed by atoms with Gasteiger partial charge < -0.3 is 10.1 Å². The van der Waals surface area contributed by atoms with E-state index in [1.54, 1.807) is 24.9 Å². The highest BCUT2D eigenvalue weighted by Gasteiger charge is 2.07. The van der Waals surface area contributed by atoms with Crippen molar-refractivity contribution in [3.05, 3.63) is 60.2 Å². The van der Waals surface area contributed by atoms with Crippen molar-refractivity contribution in [2.45, 2.75) is 0 Å². The molecule has 25 heavy (non-hydrogen) atoms. The molecule has 1 N–H and O–H groups in total. The standard InChI is InChI=1S/C18H17N5O2/c1-23-18(20-21-22-23)14-6-4-7-15(12-14)19-17(24)10-9-13-5-3-8-16(11-13)25-2/h3-12H,1-2H3,(H,19,24). The van der Waals surface area contributed by atoms with Crippen molar-refractivity contribution in [3.63, 3.8) is 0 Å². The zero-order valence-electron chi connectivity index (χ0n) is 13.9. The van der Waals surface area contributed by atoms with Crippen LogP contribution in [0.2, 0.25) is 0 Å². The molecule has 0 spiro atoms. The Labute approximate surface area is 144 Å². The van der Waals surface area contributed by atoms with Crippen LogP contribution in [0.25, 0.3) is 17.5 Å². The van der Waals surface area contributed by atoms with E-state index in [9.17, 15) is 4.79 Å². The van der Waals surface area contributed by atoms with Gasteiger partial charge in [-0.05, 0) is 46.3 Å². The lowest BCUT2D eigenvalue weighted by molar-refractivity contribution is -0.111. The van der Waals surface area contributed by atoms with Crippen molar-refractivity contribution in [2.75, 3.05) is 12.4 Å². The van der Waals surface area contributed by atoms with Gasteiger partial charge in [0.25, 0.3) is 0 Å². The number of hydrogen-bond donors (Lipinski definition) is 1. The third-order valence-electron chi connectivity index (χ3n) is 3.53. The first kappa shape index (κ1) is 16.4. The summed E-state index contributed by atoms with van der Waals surface area (Å²) in [6.45, 7) is 0. The minimum absolute atomic E-state index is 0.226. The number of carbonyl (C=O) groups excluding carboxylic acids is 1. The van der Waals surface area contributed by atoms with E-state index in [-0.39, 0.29) is 5.91 Å². The fourth-order valence-electron chi connectivity index (χ4n) is 2.31. The molecule has 0 radical (unpaired) electrons. The molecule has 0 bridgehead atoms. The number of carbonyl (C=O) groups is 1. The summed E-state index contributed by atoms with van der Waals surface area (Å²) in [4.78, 5) is 12.1. The molecular weight excluding hydrogens is 318 g/mol. The van der Waals surface area contributed by atoms with Gasteiger partial charge in [0.1, 0.15) is 5.75 Å². The average molecular weight is 335 g/mol. The van der Waals surface area contributed by atoms with Crippen LogP contribution in [0.5, 0.6) is 5.75 Å². The second-order valence-corrected chi connectivity index (χ2v) is 5.31. The number of rotatable bonds is 5. The predicted molar refractivity (Wildman–Crippen MR) is 94.9 cm³/mol. The van der Waals surface area contributed by atoms with Crippen LogP contribution in [-0.4, -0.2) is 33.2 Å². The zero-order chi connectivity index (χ0) is 17.6. The van der Waals surface area contributed by atoms with Gasteiger partial charge in [-0.15, -0.1) is 5.10 Å². The molecule has 0 aliphatic heterocycles.